The van der Waals surface area contributed by atoms with Crippen LogP contribution in [0.3, 0.4) is 0 Å². The molecule has 0 aliphatic rings. The summed E-state index contributed by atoms with van der Waals surface area (Å²) in [7, 11) is 3.29. The topological polar surface area (TPSA) is 44.2 Å². The molecule has 0 spiro atoms. The maximum atomic E-state index is 5.45. The highest BCUT2D eigenvalue weighted by Gasteiger charge is 2.10. The van der Waals surface area contributed by atoms with Crippen LogP contribution >= 0.6 is 11.8 Å². The Morgan fingerprint density at radius 1 is 0.821 bits per heavy atom. The smallest absolute Gasteiger partial charge is 0.128 e. The third kappa shape index (κ3) is 3.80. The number of aromatic nitrogens is 2. The minimum Gasteiger partial charge on any atom is -0.497 e. The monoisotopic (exact) mass is 388 g/mol. The van der Waals surface area contributed by atoms with Gasteiger partial charge in [0.15, 0.2) is 0 Å². The molecule has 4 rings (SSSR count). The zero-order valence-corrected chi connectivity index (χ0v) is 16.6. The van der Waals surface area contributed by atoms with Gasteiger partial charge in [-0.25, -0.2) is 0 Å². The number of hydrogen-bond donors (Lipinski definition) is 0. The first-order valence-electron chi connectivity index (χ1n) is 8.94. The van der Waals surface area contributed by atoms with E-state index in [9.17, 15) is 0 Å². The second-order valence-electron chi connectivity index (χ2n) is 6.25. The van der Waals surface area contributed by atoms with Gasteiger partial charge in [0.2, 0.25) is 0 Å². The number of fused-ring (bicyclic) bond motifs is 1. The molecule has 0 radical (unpaired) electrons. The lowest BCUT2D eigenvalue weighted by molar-refractivity contribution is 0.404. The molecule has 0 aliphatic heterocycles. The van der Waals surface area contributed by atoms with Crippen LogP contribution in [0.2, 0.25) is 0 Å². The Morgan fingerprint density at radius 3 is 2.46 bits per heavy atom. The fourth-order valence-corrected chi connectivity index (χ4v) is 3.94. The van der Waals surface area contributed by atoms with E-state index in [4.69, 9.17) is 9.47 Å². The second kappa shape index (κ2) is 8.31. The van der Waals surface area contributed by atoms with Gasteiger partial charge in [-0.15, -0.1) is 10.2 Å². The molecule has 0 saturated heterocycles. The minimum absolute atomic E-state index is 0.742. The number of benzene rings is 3. The first-order chi connectivity index (χ1) is 13.8. The van der Waals surface area contributed by atoms with E-state index in [0.29, 0.717) is 0 Å². The van der Waals surface area contributed by atoms with Crippen molar-refractivity contribution < 1.29 is 9.47 Å². The van der Waals surface area contributed by atoms with Gasteiger partial charge in [0.05, 0.1) is 19.9 Å². The minimum atomic E-state index is 0.742. The average Bonchev–Trinajstić information content (AvgIpc) is 2.77. The van der Waals surface area contributed by atoms with Gasteiger partial charge in [-0.05, 0) is 46.7 Å². The number of nitrogens with zero attached hydrogens (tertiary/aromatic N) is 2. The van der Waals surface area contributed by atoms with Crippen molar-refractivity contribution in [1.82, 2.24) is 10.2 Å². The van der Waals surface area contributed by atoms with Crippen molar-refractivity contribution in [2.24, 2.45) is 0 Å². The third-order valence-corrected chi connectivity index (χ3v) is 5.55. The Kier molecular flexibility index (Phi) is 5.44. The molecular weight excluding hydrogens is 368 g/mol. The third-order valence-electron chi connectivity index (χ3n) is 4.58. The van der Waals surface area contributed by atoms with Crippen molar-refractivity contribution in [2.75, 3.05) is 14.2 Å². The highest BCUT2D eigenvalue weighted by Crippen LogP contribution is 2.33. The van der Waals surface area contributed by atoms with E-state index in [1.54, 1.807) is 26.0 Å². The van der Waals surface area contributed by atoms with Crippen LogP contribution in [-0.4, -0.2) is 24.4 Å². The van der Waals surface area contributed by atoms with E-state index < -0.39 is 0 Å². The first kappa shape index (κ1) is 18.3. The molecule has 0 saturated carbocycles. The molecule has 0 unspecified atom stereocenters. The van der Waals surface area contributed by atoms with Gasteiger partial charge >= 0.3 is 0 Å². The SMILES string of the molecule is COc1ccc(OC)c(-c2ccc(SCc3cccc4ccccc34)nn2)c1. The quantitative estimate of drug-likeness (QED) is 0.402. The van der Waals surface area contributed by atoms with Crippen LogP contribution in [-0.2, 0) is 5.75 Å². The molecule has 0 fully saturated rings. The molecule has 0 bridgehead atoms. The van der Waals surface area contributed by atoms with Crippen molar-refractivity contribution in [3.8, 4) is 22.8 Å². The van der Waals surface area contributed by atoms with Crippen molar-refractivity contribution in [1.29, 1.82) is 0 Å². The van der Waals surface area contributed by atoms with Gasteiger partial charge in [0.25, 0.3) is 0 Å². The maximum Gasteiger partial charge on any atom is 0.128 e. The van der Waals surface area contributed by atoms with Crippen molar-refractivity contribution in [3.63, 3.8) is 0 Å². The second-order valence-corrected chi connectivity index (χ2v) is 7.25. The lowest BCUT2D eigenvalue weighted by Gasteiger charge is -2.10. The van der Waals surface area contributed by atoms with Crippen LogP contribution in [0.5, 0.6) is 11.5 Å². The van der Waals surface area contributed by atoms with Gasteiger partial charge in [-0.1, -0.05) is 54.2 Å². The summed E-state index contributed by atoms with van der Waals surface area (Å²) in [6.45, 7) is 0. The largest absolute Gasteiger partial charge is 0.497 e. The molecule has 3 aromatic carbocycles. The van der Waals surface area contributed by atoms with Crippen molar-refractivity contribution in [3.05, 3.63) is 78.4 Å². The molecule has 4 aromatic rings. The van der Waals surface area contributed by atoms with Crippen LogP contribution < -0.4 is 9.47 Å². The molecule has 4 nitrogen and oxygen atoms in total. The summed E-state index contributed by atoms with van der Waals surface area (Å²) in [4.78, 5) is 0. The summed E-state index contributed by atoms with van der Waals surface area (Å²) in [5.41, 5.74) is 2.91. The van der Waals surface area contributed by atoms with Crippen LogP contribution in [0.15, 0.2) is 77.8 Å². The lowest BCUT2D eigenvalue weighted by atomic mass is 10.1. The van der Waals surface area contributed by atoms with Crippen LogP contribution in [0.25, 0.3) is 22.0 Å². The number of hydrogen-bond acceptors (Lipinski definition) is 5. The Morgan fingerprint density at radius 2 is 1.68 bits per heavy atom. The number of methoxy groups -OCH3 is 2. The van der Waals surface area contributed by atoms with Crippen molar-refractivity contribution in [2.45, 2.75) is 10.8 Å². The summed E-state index contributed by atoms with van der Waals surface area (Å²) in [5, 5.41) is 12.2. The van der Waals surface area contributed by atoms with E-state index in [1.165, 1.54) is 16.3 Å². The Hall–Kier alpha value is -3.05. The molecular formula is C23H20N2O2S. The molecule has 5 heteroatoms. The predicted octanol–water partition coefficient (Wildman–Crippen LogP) is 5.61. The normalized spacial score (nSPS) is 10.8. The molecule has 28 heavy (non-hydrogen) atoms. The zero-order chi connectivity index (χ0) is 19.3. The molecule has 0 atom stereocenters. The van der Waals surface area contributed by atoms with E-state index in [-0.39, 0.29) is 0 Å². The van der Waals surface area contributed by atoms with E-state index >= 15 is 0 Å². The molecule has 0 amide bonds. The van der Waals surface area contributed by atoms with Crippen LogP contribution in [0.4, 0.5) is 0 Å². The number of rotatable bonds is 6. The summed E-state index contributed by atoms with van der Waals surface area (Å²) in [5.74, 6) is 2.34. The van der Waals surface area contributed by atoms with Gasteiger partial charge in [-0.2, -0.15) is 0 Å². The van der Waals surface area contributed by atoms with Crippen molar-refractivity contribution >= 4 is 22.5 Å². The van der Waals surface area contributed by atoms with Gasteiger partial charge < -0.3 is 9.47 Å². The lowest BCUT2D eigenvalue weighted by Crippen LogP contribution is -1.94. The Bertz CT molecular complexity index is 1090. The van der Waals surface area contributed by atoms with E-state index in [0.717, 1.165) is 33.5 Å². The standard InChI is InChI=1S/C23H20N2O2S/c1-26-18-10-12-22(27-2)20(14-18)21-11-13-23(25-24-21)28-15-17-8-5-7-16-6-3-4-9-19(16)17/h3-14H,15H2,1-2H3. The molecule has 1 heterocycles. The van der Waals surface area contributed by atoms with Gasteiger partial charge in [0, 0.05) is 11.3 Å². The summed E-state index contributed by atoms with van der Waals surface area (Å²) >= 11 is 1.68. The molecule has 0 N–H and O–H groups in total. The van der Waals surface area contributed by atoms with Gasteiger partial charge in [-0.3, -0.25) is 0 Å². The highest BCUT2D eigenvalue weighted by molar-refractivity contribution is 7.98. The van der Waals surface area contributed by atoms with Gasteiger partial charge in [0.1, 0.15) is 16.5 Å². The number of ether oxygens (including phenoxy) is 2. The molecule has 0 aliphatic carbocycles. The average molecular weight is 388 g/mol. The molecule has 140 valence electrons. The fourth-order valence-electron chi connectivity index (χ4n) is 3.12. The first-order valence-corrected chi connectivity index (χ1v) is 9.92. The predicted molar refractivity (Wildman–Crippen MR) is 114 cm³/mol. The van der Waals surface area contributed by atoms with Crippen LogP contribution in [0, 0.1) is 0 Å². The fraction of sp³-hybridized carbons (Fsp3) is 0.130. The summed E-state index contributed by atoms with van der Waals surface area (Å²) in [6.07, 6.45) is 0. The Balaban J connectivity index is 1.54. The maximum absolute atomic E-state index is 5.45. The van der Waals surface area contributed by atoms with E-state index in [2.05, 4.69) is 52.7 Å². The van der Waals surface area contributed by atoms with E-state index in [1.807, 2.05) is 30.3 Å². The van der Waals surface area contributed by atoms with Crippen LogP contribution in [0.1, 0.15) is 5.56 Å². The zero-order valence-electron chi connectivity index (χ0n) is 15.8. The summed E-state index contributed by atoms with van der Waals surface area (Å²) < 4.78 is 10.8. The number of thioether (sulfide) groups is 1. The summed E-state index contributed by atoms with van der Waals surface area (Å²) in [6, 6.07) is 24.5. The molecule has 1 aromatic heterocycles. The Labute approximate surface area is 168 Å². The highest BCUT2D eigenvalue weighted by atomic mass is 32.2.